The Morgan fingerprint density at radius 2 is 1.89 bits per heavy atom. The van der Waals surface area contributed by atoms with Crippen molar-refractivity contribution in [2.24, 2.45) is 45.8 Å². The summed E-state index contributed by atoms with van der Waals surface area (Å²) in [6.07, 6.45) is 7.00. The van der Waals surface area contributed by atoms with E-state index < -0.39 is 46.0 Å². The van der Waals surface area contributed by atoms with Gasteiger partial charge in [0.05, 0.1) is 25.2 Å². The van der Waals surface area contributed by atoms with Gasteiger partial charge in [-0.25, -0.2) is 0 Å². The van der Waals surface area contributed by atoms with E-state index in [0.29, 0.717) is 11.5 Å². The van der Waals surface area contributed by atoms with Crippen LogP contribution in [-0.4, -0.2) is 58.6 Å². The molecule has 2 bridgehead atoms. The summed E-state index contributed by atoms with van der Waals surface area (Å²) in [4.78, 5) is 43.1. The van der Waals surface area contributed by atoms with Crippen LogP contribution in [0.15, 0.2) is 23.4 Å². The molecule has 4 aliphatic heterocycles. The Bertz CT molecular complexity index is 1190. The number of aliphatic hydroxyl groups is 1. The Morgan fingerprint density at radius 1 is 1.14 bits per heavy atom. The zero-order chi connectivity index (χ0) is 26.3. The topological polar surface area (TPSA) is 93.1 Å². The Morgan fingerprint density at radius 3 is 2.59 bits per heavy atom. The third-order valence-electron chi connectivity index (χ3n) is 12.0. The molecule has 4 saturated heterocycles. The first-order valence-electron chi connectivity index (χ1n) is 14.2. The molecule has 3 aliphatic carbocycles. The van der Waals surface area contributed by atoms with Gasteiger partial charge in [-0.05, 0) is 50.2 Å². The van der Waals surface area contributed by atoms with Crippen LogP contribution in [-0.2, 0) is 23.9 Å². The first-order chi connectivity index (χ1) is 17.4. The number of esters is 1. The molecule has 1 N–H and O–H groups in total. The molecule has 0 aromatic carbocycles. The quantitative estimate of drug-likeness (QED) is 0.500. The zero-order valence-electron chi connectivity index (χ0n) is 22.6. The number of hydrogen-bond donors (Lipinski definition) is 1. The van der Waals surface area contributed by atoms with Crippen LogP contribution in [0.4, 0.5) is 0 Å². The van der Waals surface area contributed by atoms with Gasteiger partial charge in [-0.2, -0.15) is 0 Å². The van der Waals surface area contributed by atoms with Crippen LogP contribution in [0.5, 0.6) is 0 Å². The summed E-state index contributed by atoms with van der Waals surface area (Å²) >= 11 is 0. The lowest BCUT2D eigenvalue weighted by atomic mass is 9.37. The number of fused-ring (bicyclic) bond motifs is 8. The Hall–Kier alpha value is -1.99. The number of ether oxygens (including phenoxy) is 2. The molecule has 2 spiro atoms. The molecule has 7 nitrogen and oxygen atoms in total. The largest absolute Gasteiger partial charge is 0.465 e. The maximum atomic E-state index is 14.4. The Labute approximate surface area is 218 Å². The highest BCUT2D eigenvalue weighted by atomic mass is 16.5. The van der Waals surface area contributed by atoms with Crippen molar-refractivity contribution in [1.82, 2.24) is 4.90 Å². The van der Waals surface area contributed by atoms with Crippen LogP contribution >= 0.6 is 0 Å². The molecule has 1 saturated carbocycles. The monoisotopic (exact) mass is 509 g/mol. The number of piperidine rings is 1. The molecule has 11 atom stereocenters. The average molecular weight is 510 g/mol. The van der Waals surface area contributed by atoms with Gasteiger partial charge in [-0.15, -0.1) is 0 Å². The summed E-state index contributed by atoms with van der Waals surface area (Å²) in [5, 5.41) is 11.6. The molecule has 0 radical (unpaired) electrons. The molecular formula is C30H39NO6. The minimum atomic E-state index is -0.825. The number of cyclic esters (lactones) is 1. The summed E-state index contributed by atoms with van der Waals surface area (Å²) in [6.45, 7) is 11.3. The first kappa shape index (κ1) is 24.1. The van der Waals surface area contributed by atoms with Crippen molar-refractivity contribution in [2.75, 3.05) is 13.2 Å². The summed E-state index contributed by atoms with van der Waals surface area (Å²) in [5.74, 6) is -1.76. The predicted molar refractivity (Wildman–Crippen MR) is 134 cm³/mol. The van der Waals surface area contributed by atoms with E-state index in [-0.39, 0.29) is 42.4 Å². The van der Waals surface area contributed by atoms with Crippen LogP contribution in [0.1, 0.15) is 66.7 Å². The van der Waals surface area contributed by atoms with Crippen molar-refractivity contribution in [1.29, 1.82) is 0 Å². The molecule has 0 aromatic rings. The Balaban J connectivity index is 1.49. The molecule has 0 unspecified atom stereocenters. The maximum Gasteiger partial charge on any atom is 0.306 e. The SMILES string of the molecule is CC1=CC(=O)[C@@H]2[C@@H]([C@@H]1O)[C@]1(C)C=C3N4C[C@H]5C[C@H](C)C[C@]4(CC[C@@]3(C)[C@]3(COC(=O)C3)[C@H]1C(=O)[C@@H]2C)O5. The van der Waals surface area contributed by atoms with Crippen molar-refractivity contribution in [3.05, 3.63) is 23.4 Å². The van der Waals surface area contributed by atoms with Crippen molar-refractivity contribution in [3.8, 4) is 0 Å². The van der Waals surface area contributed by atoms with Crippen LogP contribution in [0.25, 0.3) is 0 Å². The number of carbonyl (C=O) groups excluding carboxylic acids is 3. The second kappa shape index (κ2) is 7.15. The van der Waals surface area contributed by atoms with Crippen LogP contribution in [0, 0.1) is 45.8 Å². The fourth-order valence-corrected chi connectivity index (χ4v) is 10.4. The second-order valence-corrected chi connectivity index (χ2v) is 14.0. The molecule has 0 amide bonds. The first-order valence-corrected chi connectivity index (χ1v) is 14.2. The van der Waals surface area contributed by atoms with E-state index in [1.165, 1.54) is 6.08 Å². The molecule has 7 heteroatoms. The van der Waals surface area contributed by atoms with Gasteiger partial charge >= 0.3 is 5.97 Å². The maximum absolute atomic E-state index is 14.4. The number of ketones is 2. The summed E-state index contributed by atoms with van der Waals surface area (Å²) < 4.78 is 12.4. The third kappa shape index (κ3) is 2.68. The lowest BCUT2D eigenvalue weighted by Crippen LogP contribution is -2.70. The number of carbonyl (C=O) groups is 3. The molecule has 7 rings (SSSR count). The fraction of sp³-hybridized carbons (Fsp3) is 0.767. The summed E-state index contributed by atoms with van der Waals surface area (Å²) in [6, 6.07) is 0. The van der Waals surface area contributed by atoms with Crippen LogP contribution < -0.4 is 0 Å². The molecule has 200 valence electrons. The van der Waals surface area contributed by atoms with Gasteiger partial charge in [0.1, 0.15) is 11.5 Å². The van der Waals surface area contributed by atoms with Crippen LogP contribution in [0.2, 0.25) is 0 Å². The molecule has 0 aromatic heterocycles. The summed E-state index contributed by atoms with van der Waals surface area (Å²) in [5.41, 5.74) is -0.537. The van der Waals surface area contributed by atoms with Gasteiger partial charge in [-0.3, -0.25) is 14.4 Å². The standard InChI is InChI=1S/C30H39NO6/c1-15-8-18-13-31-20-11-27(4)23-22(19(32)9-16(2)24(23)34)17(3)25(35)26(27)29(12-21(33)36-14-29)28(20,5)6-7-30(31,10-15)37-18/h9,11,15,17-18,22-24,26,34H,6-8,10,12-14H2,1-5H3/t15-,17+,18+,22+,23-,24+,26-,27-,28+,29+,30-/m0/s1. The lowest BCUT2D eigenvalue weighted by molar-refractivity contribution is -0.204. The van der Waals surface area contributed by atoms with Crippen molar-refractivity contribution >= 4 is 17.5 Å². The lowest BCUT2D eigenvalue weighted by Gasteiger charge is -2.67. The van der Waals surface area contributed by atoms with E-state index in [0.717, 1.165) is 37.9 Å². The van der Waals surface area contributed by atoms with Gasteiger partial charge < -0.3 is 19.5 Å². The van der Waals surface area contributed by atoms with Crippen molar-refractivity contribution in [2.45, 2.75) is 84.7 Å². The Kier molecular flexibility index (Phi) is 4.65. The minimum Gasteiger partial charge on any atom is -0.465 e. The van der Waals surface area contributed by atoms with Gasteiger partial charge in [-0.1, -0.05) is 33.8 Å². The van der Waals surface area contributed by atoms with E-state index in [9.17, 15) is 19.5 Å². The van der Waals surface area contributed by atoms with Crippen molar-refractivity contribution < 1.29 is 29.0 Å². The second-order valence-electron chi connectivity index (χ2n) is 14.0. The van der Waals surface area contributed by atoms with Crippen molar-refractivity contribution in [3.63, 3.8) is 0 Å². The smallest absolute Gasteiger partial charge is 0.306 e. The summed E-state index contributed by atoms with van der Waals surface area (Å²) in [7, 11) is 0. The molecule has 37 heavy (non-hydrogen) atoms. The fourth-order valence-electron chi connectivity index (χ4n) is 10.4. The van der Waals surface area contributed by atoms with E-state index in [2.05, 4.69) is 31.7 Å². The van der Waals surface area contributed by atoms with E-state index >= 15 is 0 Å². The molecule has 7 aliphatic rings. The highest BCUT2D eigenvalue weighted by molar-refractivity contribution is 6.00. The van der Waals surface area contributed by atoms with Crippen LogP contribution in [0.3, 0.4) is 0 Å². The highest BCUT2D eigenvalue weighted by Crippen LogP contribution is 2.73. The van der Waals surface area contributed by atoms with Gasteiger partial charge in [0, 0.05) is 52.2 Å². The third-order valence-corrected chi connectivity index (χ3v) is 12.0. The van der Waals surface area contributed by atoms with E-state index in [1.807, 2.05) is 13.8 Å². The van der Waals surface area contributed by atoms with Gasteiger partial charge in [0.15, 0.2) is 5.78 Å². The molecular weight excluding hydrogens is 470 g/mol. The highest BCUT2D eigenvalue weighted by Gasteiger charge is 2.75. The normalized spacial score (nSPS) is 54.2. The number of allylic oxidation sites excluding steroid dienone is 3. The zero-order valence-corrected chi connectivity index (χ0v) is 22.6. The molecule has 4 heterocycles. The number of aliphatic hydroxyl groups excluding tert-OH is 1. The number of nitrogens with zero attached hydrogens (tertiary/aromatic N) is 1. The average Bonchev–Trinajstić information content (AvgIpc) is 3.34. The predicted octanol–water partition coefficient (Wildman–Crippen LogP) is 3.41. The van der Waals surface area contributed by atoms with E-state index in [4.69, 9.17) is 9.47 Å². The number of rotatable bonds is 0. The van der Waals surface area contributed by atoms with Gasteiger partial charge in [0.2, 0.25) is 0 Å². The molecule has 5 fully saturated rings. The minimum absolute atomic E-state index is 0.0393. The number of Topliss-reactive ketones (excluding diaryl/α,β-unsaturated/α-hetero) is 1. The number of hydrogen-bond acceptors (Lipinski definition) is 7. The van der Waals surface area contributed by atoms with E-state index in [1.54, 1.807) is 0 Å². The van der Waals surface area contributed by atoms with Gasteiger partial charge in [0.25, 0.3) is 0 Å².